The minimum absolute atomic E-state index is 0.931. The lowest BCUT2D eigenvalue weighted by atomic mass is 10.1. The van der Waals surface area contributed by atoms with E-state index >= 15 is 0 Å². The van der Waals surface area contributed by atoms with E-state index in [1.165, 1.54) is 5.56 Å². The lowest BCUT2D eigenvalue weighted by Gasteiger charge is -1.98. The van der Waals surface area contributed by atoms with Crippen molar-refractivity contribution in [3.63, 3.8) is 0 Å². The Kier molecular flexibility index (Phi) is 2.52. The van der Waals surface area contributed by atoms with E-state index in [1.807, 2.05) is 20.1 Å². The largest absolute Gasteiger partial charge is 0.358 e. The SMILES string of the molecule is BNCc1ccc([CH2])cc1. The Morgan fingerprint density at radius 1 is 1.30 bits per heavy atom. The van der Waals surface area contributed by atoms with E-state index in [4.69, 9.17) is 0 Å². The quantitative estimate of drug-likeness (QED) is 0.578. The molecular formula is C8H11BN. The smallest absolute Gasteiger partial charge is 0.182 e. The van der Waals surface area contributed by atoms with Gasteiger partial charge in [0.2, 0.25) is 0 Å². The number of hydrogen-bond acceptors (Lipinski definition) is 1. The average molecular weight is 132 g/mol. The van der Waals surface area contributed by atoms with Gasteiger partial charge in [0.15, 0.2) is 7.98 Å². The van der Waals surface area contributed by atoms with Gasteiger partial charge in [-0.15, -0.1) is 0 Å². The number of benzene rings is 1. The van der Waals surface area contributed by atoms with Crippen LogP contribution in [0.5, 0.6) is 0 Å². The van der Waals surface area contributed by atoms with Crippen LogP contribution < -0.4 is 5.23 Å². The molecule has 1 rings (SSSR count). The van der Waals surface area contributed by atoms with Crippen LogP contribution in [-0.2, 0) is 6.54 Å². The van der Waals surface area contributed by atoms with E-state index in [0.717, 1.165) is 12.1 Å². The Hall–Kier alpha value is -0.755. The Bertz CT molecular complexity index is 193. The van der Waals surface area contributed by atoms with Gasteiger partial charge < -0.3 is 5.23 Å². The lowest BCUT2D eigenvalue weighted by Crippen LogP contribution is -2.06. The van der Waals surface area contributed by atoms with Crippen molar-refractivity contribution in [2.24, 2.45) is 0 Å². The molecule has 2 heteroatoms. The molecule has 0 aliphatic rings. The van der Waals surface area contributed by atoms with E-state index in [0.29, 0.717) is 0 Å². The predicted octanol–water partition coefficient (Wildman–Crippen LogP) is 0.506. The maximum atomic E-state index is 3.80. The van der Waals surface area contributed by atoms with Crippen molar-refractivity contribution in [3.8, 4) is 0 Å². The van der Waals surface area contributed by atoms with Crippen LogP contribution in [-0.4, -0.2) is 7.98 Å². The summed E-state index contributed by atoms with van der Waals surface area (Å²) in [4.78, 5) is 0. The minimum Gasteiger partial charge on any atom is -0.358 e. The molecule has 0 aliphatic carbocycles. The first-order chi connectivity index (χ1) is 4.83. The van der Waals surface area contributed by atoms with Gasteiger partial charge in [-0.25, -0.2) is 0 Å². The monoisotopic (exact) mass is 132 g/mol. The van der Waals surface area contributed by atoms with Gasteiger partial charge in [-0.2, -0.15) is 0 Å². The highest BCUT2D eigenvalue weighted by Crippen LogP contribution is 2.01. The summed E-state index contributed by atoms with van der Waals surface area (Å²) in [5.74, 6) is 0. The first-order valence-electron chi connectivity index (χ1n) is 3.38. The van der Waals surface area contributed by atoms with Gasteiger partial charge in [0, 0.05) is 6.54 Å². The Morgan fingerprint density at radius 2 is 1.90 bits per heavy atom. The molecule has 0 saturated heterocycles. The summed E-state index contributed by atoms with van der Waals surface area (Å²) in [5.41, 5.74) is 2.37. The maximum absolute atomic E-state index is 3.80. The summed E-state index contributed by atoms with van der Waals surface area (Å²) in [6, 6.07) is 8.21. The van der Waals surface area contributed by atoms with Gasteiger partial charge in [-0.1, -0.05) is 24.3 Å². The van der Waals surface area contributed by atoms with Crippen LogP contribution in [0.4, 0.5) is 0 Å². The van der Waals surface area contributed by atoms with Crippen LogP contribution in [0.2, 0.25) is 0 Å². The first-order valence-corrected chi connectivity index (χ1v) is 3.38. The molecule has 1 aromatic carbocycles. The van der Waals surface area contributed by atoms with Crippen LogP contribution in [0.3, 0.4) is 0 Å². The van der Waals surface area contributed by atoms with Gasteiger partial charge in [-0.05, 0) is 18.1 Å². The number of rotatable bonds is 2. The second-order valence-electron chi connectivity index (χ2n) is 2.35. The van der Waals surface area contributed by atoms with Crippen molar-refractivity contribution in [2.45, 2.75) is 6.54 Å². The number of nitrogens with one attached hydrogen (secondary N) is 1. The summed E-state index contributed by atoms with van der Waals surface area (Å²) < 4.78 is 0. The van der Waals surface area contributed by atoms with Gasteiger partial charge in [0.05, 0.1) is 0 Å². The normalized spacial score (nSPS) is 9.70. The average Bonchev–Trinajstić information content (AvgIpc) is 1.95. The molecule has 1 nitrogen and oxygen atoms in total. The van der Waals surface area contributed by atoms with E-state index in [9.17, 15) is 0 Å². The first kappa shape index (κ1) is 7.35. The zero-order valence-electron chi connectivity index (χ0n) is 6.22. The highest BCUT2D eigenvalue weighted by atomic mass is 14.7. The molecule has 10 heavy (non-hydrogen) atoms. The standard InChI is InChI=1S/C8H11BN/c1-7-2-4-8(5-3-7)6-10-9/h2-5,10H,1,6,9H2. The molecule has 0 heterocycles. The molecule has 0 bridgehead atoms. The molecule has 0 amide bonds. The predicted molar refractivity (Wildman–Crippen MR) is 46.3 cm³/mol. The molecule has 0 fully saturated rings. The molecule has 0 aromatic heterocycles. The molecule has 1 N–H and O–H groups in total. The summed E-state index contributed by atoms with van der Waals surface area (Å²) in [6.45, 7) is 4.73. The highest BCUT2D eigenvalue weighted by molar-refractivity contribution is 6.04. The Morgan fingerprint density at radius 3 is 2.40 bits per heavy atom. The van der Waals surface area contributed by atoms with Gasteiger partial charge in [-0.3, -0.25) is 0 Å². The van der Waals surface area contributed by atoms with Crippen LogP contribution >= 0.6 is 0 Å². The summed E-state index contributed by atoms with van der Waals surface area (Å²) >= 11 is 0. The van der Waals surface area contributed by atoms with Crippen LogP contribution in [0.25, 0.3) is 0 Å². The van der Waals surface area contributed by atoms with Crippen molar-refractivity contribution < 1.29 is 0 Å². The topological polar surface area (TPSA) is 12.0 Å². The second-order valence-corrected chi connectivity index (χ2v) is 2.35. The molecule has 1 aromatic rings. The molecule has 0 spiro atoms. The molecule has 51 valence electrons. The molecule has 0 atom stereocenters. The zero-order valence-corrected chi connectivity index (χ0v) is 6.22. The van der Waals surface area contributed by atoms with Crippen LogP contribution in [0, 0.1) is 6.92 Å². The van der Waals surface area contributed by atoms with E-state index in [1.54, 1.807) is 0 Å². The molecule has 0 saturated carbocycles. The van der Waals surface area contributed by atoms with E-state index < -0.39 is 0 Å². The van der Waals surface area contributed by atoms with Crippen molar-refractivity contribution in [1.29, 1.82) is 0 Å². The van der Waals surface area contributed by atoms with Gasteiger partial charge >= 0.3 is 0 Å². The van der Waals surface area contributed by atoms with Crippen LogP contribution in [0.1, 0.15) is 11.1 Å². The van der Waals surface area contributed by atoms with E-state index in [-0.39, 0.29) is 0 Å². The van der Waals surface area contributed by atoms with Crippen molar-refractivity contribution in [3.05, 3.63) is 42.3 Å². The van der Waals surface area contributed by atoms with Crippen molar-refractivity contribution >= 4 is 7.98 Å². The highest BCUT2D eigenvalue weighted by Gasteiger charge is 1.87. The second kappa shape index (κ2) is 3.42. The van der Waals surface area contributed by atoms with Crippen molar-refractivity contribution in [1.82, 2.24) is 5.23 Å². The molecular weight excluding hydrogens is 121 g/mol. The third-order valence-corrected chi connectivity index (χ3v) is 1.40. The fourth-order valence-corrected chi connectivity index (χ4v) is 0.861. The molecule has 0 unspecified atom stereocenters. The van der Waals surface area contributed by atoms with Crippen molar-refractivity contribution in [2.75, 3.05) is 0 Å². The Labute approximate surface area is 62.9 Å². The maximum Gasteiger partial charge on any atom is 0.182 e. The third-order valence-electron chi connectivity index (χ3n) is 1.40. The fourth-order valence-electron chi connectivity index (χ4n) is 0.861. The van der Waals surface area contributed by atoms with Gasteiger partial charge in [0.25, 0.3) is 0 Å². The summed E-state index contributed by atoms with van der Waals surface area (Å²) in [6.07, 6.45) is 0. The number of hydrogen-bond donors (Lipinski definition) is 1. The minimum atomic E-state index is 0.931. The van der Waals surface area contributed by atoms with Crippen LogP contribution in [0.15, 0.2) is 24.3 Å². The third kappa shape index (κ3) is 1.88. The summed E-state index contributed by atoms with van der Waals surface area (Å²) in [5, 5.41) is 3.08. The fraction of sp³-hybridized carbons (Fsp3) is 0.125. The molecule has 0 aliphatic heterocycles. The molecule has 1 radical (unpaired) electrons. The zero-order chi connectivity index (χ0) is 7.40. The lowest BCUT2D eigenvalue weighted by molar-refractivity contribution is 0.962. The van der Waals surface area contributed by atoms with Gasteiger partial charge in [0.1, 0.15) is 0 Å². The Balaban J connectivity index is 2.69. The van der Waals surface area contributed by atoms with E-state index in [2.05, 4.69) is 24.3 Å². The summed E-state index contributed by atoms with van der Waals surface area (Å²) in [7, 11) is 1.94.